The van der Waals surface area contributed by atoms with Crippen LogP contribution in [0.3, 0.4) is 0 Å². The van der Waals surface area contributed by atoms with Crippen LogP contribution in [0.15, 0.2) is 41.6 Å². The minimum absolute atomic E-state index is 0.110. The molecule has 8 nitrogen and oxygen atoms in total. The van der Waals surface area contributed by atoms with Crippen molar-refractivity contribution in [1.82, 2.24) is 29.0 Å². The zero-order valence-electron chi connectivity index (χ0n) is 14.3. The van der Waals surface area contributed by atoms with Crippen molar-refractivity contribution in [3.8, 4) is 11.3 Å². The molecule has 0 aliphatic carbocycles. The highest BCUT2D eigenvalue weighted by Gasteiger charge is 2.14. The van der Waals surface area contributed by atoms with Gasteiger partial charge in [-0.1, -0.05) is 0 Å². The number of rotatable bonds is 2. The van der Waals surface area contributed by atoms with Crippen LogP contribution in [-0.4, -0.2) is 42.1 Å². The molecular formula is C18H17N7O. The first kappa shape index (κ1) is 15.0. The molecule has 4 aromatic heterocycles. The van der Waals surface area contributed by atoms with E-state index in [2.05, 4.69) is 25.0 Å². The maximum Gasteiger partial charge on any atom is 0.258 e. The largest absolute Gasteiger partial charge is 0.370 e. The summed E-state index contributed by atoms with van der Waals surface area (Å²) >= 11 is 0. The Balaban J connectivity index is 1.61. The van der Waals surface area contributed by atoms with Gasteiger partial charge in [0.15, 0.2) is 0 Å². The smallest absolute Gasteiger partial charge is 0.258 e. The van der Waals surface area contributed by atoms with Gasteiger partial charge in [-0.05, 0) is 31.9 Å². The van der Waals surface area contributed by atoms with E-state index in [-0.39, 0.29) is 5.56 Å². The highest BCUT2D eigenvalue weighted by Crippen LogP contribution is 2.21. The summed E-state index contributed by atoms with van der Waals surface area (Å²) in [5.74, 6) is 1.18. The number of anilines is 1. The van der Waals surface area contributed by atoms with E-state index < -0.39 is 0 Å². The number of aromatic nitrogens is 6. The van der Waals surface area contributed by atoms with Gasteiger partial charge in [0, 0.05) is 43.3 Å². The lowest BCUT2D eigenvalue weighted by Gasteiger charge is -2.18. The van der Waals surface area contributed by atoms with Crippen LogP contribution < -0.4 is 10.5 Å². The molecule has 0 saturated carbocycles. The van der Waals surface area contributed by atoms with E-state index in [1.807, 2.05) is 25.3 Å². The van der Waals surface area contributed by atoms with Crippen LogP contribution >= 0.6 is 0 Å². The van der Waals surface area contributed by atoms with Crippen molar-refractivity contribution in [2.24, 2.45) is 0 Å². The van der Waals surface area contributed by atoms with Crippen LogP contribution in [0.1, 0.15) is 18.7 Å². The van der Waals surface area contributed by atoms with Crippen molar-refractivity contribution in [3.05, 3.63) is 53.0 Å². The Hall–Kier alpha value is -3.29. The number of hydrogen-bond acceptors (Lipinski definition) is 6. The Morgan fingerprint density at radius 3 is 2.77 bits per heavy atom. The van der Waals surface area contributed by atoms with Crippen molar-refractivity contribution >= 4 is 17.1 Å². The molecule has 5 heterocycles. The van der Waals surface area contributed by atoms with Gasteiger partial charge in [-0.2, -0.15) is 10.1 Å². The molecule has 5 rings (SSSR count). The lowest BCUT2D eigenvalue weighted by atomic mass is 10.2. The molecule has 4 aromatic rings. The average Bonchev–Trinajstić information content (AvgIpc) is 3.29. The van der Waals surface area contributed by atoms with E-state index in [1.165, 1.54) is 18.9 Å². The van der Waals surface area contributed by atoms with Gasteiger partial charge in [-0.25, -0.2) is 14.5 Å². The molecule has 8 heteroatoms. The highest BCUT2D eigenvalue weighted by atomic mass is 16.1. The summed E-state index contributed by atoms with van der Waals surface area (Å²) < 4.78 is 3.20. The fourth-order valence-corrected chi connectivity index (χ4v) is 3.42. The number of aryl methyl sites for hydroxylation is 1. The molecule has 1 saturated heterocycles. The molecular weight excluding hydrogens is 330 g/mol. The number of pyridine rings is 1. The lowest BCUT2D eigenvalue weighted by Crippen LogP contribution is -2.20. The van der Waals surface area contributed by atoms with Crippen LogP contribution in [0.5, 0.6) is 0 Å². The zero-order chi connectivity index (χ0) is 17.7. The average molecular weight is 347 g/mol. The Bertz CT molecular complexity index is 1190. The third-order valence-electron chi connectivity index (χ3n) is 4.71. The maximum atomic E-state index is 12.7. The van der Waals surface area contributed by atoms with E-state index >= 15 is 0 Å². The van der Waals surface area contributed by atoms with Crippen molar-refractivity contribution in [2.45, 2.75) is 19.8 Å². The third-order valence-corrected chi connectivity index (χ3v) is 4.71. The number of hydrogen-bond donors (Lipinski definition) is 0. The van der Waals surface area contributed by atoms with Crippen LogP contribution in [0.25, 0.3) is 22.7 Å². The number of fused-ring (bicyclic) bond motifs is 2. The number of nitrogens with zero attached hydrogens (tertiary/aromatic N) is 7. The van der Waals surface area contributed by atoms with Gasteiger partial charge in [-0.3, -0.25) is 9.20 Å². The Morgan fingerprint density at radius 1 is 1.08 bits per heavy atom. The summed E-state index contributed by atoms with van der Waals surface area (Å²) in [6.07, 6.45) is 7.73. The predicted octanol–water partition coefficient (Wildman–Crippen LogP) is 1.71. The Labute approximate surface area is 148 Å². The van der Waals surface area contributed by atoms with Crippen LogP contribution in [0.2, 0.25) is 0 Å². The van der Waals surface area contributed by atoms with Crippen molar-refractivity contribution in [2.75, 3.05) is 18.0 Å². The van der Waals surface area contributed by atoms with Gasteiger partial charge < -0.3 is 4.90 Å². The first-order valence-electron chi connectivity index (χ1n) is 8.65. The first-order valence-corrected chi connectivity index (χ1v) is 8.65. The van der Waals surface area contributed by atoms with Gasteiger partial charge in [0.25, 0.3) is 11.3 Å². The molecule has 0 spiro atoms. The molecule has 26 heavy (non-hydrogen) atoms. The topological polar surface area (TPSA) is 80.7 Å². The highest BCUT2D eigenvalue weighted by molar-refractivity contribution is 5.62. The quantitative estimate of drug-likeness (QED) is 0.549. The van der Waals surface area contributed by atoms with Crippen molar-refractivity contribution in [3.63, 3.8) is 0 Å². The standard InChI is InChI=1S/C18H17N7O/c1-12-20-18-19-9-13(10-25(18)22-12)15-8-17(26)24-11-14(4-5-16(24)21-15)23-6-2-3-7-23/h4-5,8-11H,2-3,6-7H2,1H3. The molecule has 1 aliphatic heterocycles. The van der Waals surface area contributed by atoms with Gasteiger partial charge in [0.2, 0.25) is 0 Å². The SMILES string of the molecule is Cc1nc2ncc(-c3cc(=O)n4cc(N5CCCC5)ccc4n3)cn2n1. The van der Waals surface area contributed by atoms with Crippen LogP contribution in [0, 0.1) is 6.92 Å². The van der Waals surface area contributed by atoms with Crippen molar-refractivity contribution in [1.29, 1.82) is 0 Å². The normalized spacial score (nSPS) is 14.6. The second kappa shape index (κ2) is 5.62. The van der Waals surface area contributed by atoms with Crippen LogP contribution in [0.4, 0.5) is 5.69 Å². The molecule has 0 N–H and O–H groups in total. The molecule has 0 radical (unpaired) electrons. The summed E-state index contributed by atoms with van der Waals surface area (Å²) in [5, 5.41) is 4.27. The van der Waals surface area contributed by atoms with Crippen molar-refractivity contribution < 1.29 is 0 Å². The maximum absolute atomic E-state index is 12.7. The lowest BCUT2D eigenvalue weighted by molar-refractivity contribution is 0.915. The summed E-state index contributed by atoms with van der Waals surface area (Å²) in [4.78, 5) is 28.1. The third kappa shape index (κ3) is 2.42. The zero-order valence-corrected chi connectivity index (χ0v) is 14.3. The first-order chi connectivity index (χ1) is 12.7. The molecule has 1 aliphatic rings. The van der Waals surface area contributed by atoms with E-state index in [1.54, 1.807) is 21.3 Å². The molecule has 0 bridgehead atoms. The molecule has 0 atom stereocenters. The minimum atomic E-state index is -0.110. The van der Waals surface area contributed by atoms with Gasteiger partial charge >= 0.3 is 0 Å². The second-order valence-electron chi connectivity index (χ2n) is 6.54. The van der Waals surface area contributed by atoms with Gasteiger partial charge in [0.1, 0.15) is 11.5 Å². The fraction of sp³-hybridized carbons (Fsp3) is 0.278. The molecule has 1 fully saturated rings. The van der Waals surface area contributed by atoms with E-state index in [0.29, 0.717) is 22.9 Å². The van der Waals surface area contributed by atoms with E-state index in [0.717, 1.165) is 24.3 Å². The Morgan fingerprint density at radius 2 is 1.92 bits per heavy atom. The van der Waals surface area contributed by atoms with E-state index in [9.17, 15) is 4.79 Å². The van der Waals surface area contributed by atoms with E-state index in [4.69, 9.17) is 0 Å². The second-order valence-corrected chi connectivity index (χ2v) is 6.54. The summed E-state index contributed by atoms with van der Waals surface area (Å²) in [6.45, 7) is 3.89. The van der Waals surface area contributed by atoms with Gasteiger partial charge in [-0.15, -0.1) is 0 Å². The Kier molecular flexibility index (Phi) is 3.24. The van der Waals surface area contributed by atoms with Gasteiger partial charge in [0.05, 0.1) is 11.4 Å². The monoisotopic (exact) mass is 347 g/mol. The minimum Gasteiger partial charge on any atom is -0.370 e. The molecule has 130 valence electrons. The van der Waals surface area contributed by atoms with Crippen LogP contribution in [-0.2, 0) is 0 Å². The molecule has 0 amide bonds. The fourth-order valence-electron chi connectivity index (χ4n) is 3.42. The molecule has 0 aromatic carbocycles. The summed E-state index contributed by atoms with van der Waals surface area (Å²) in [7, 11) is 0. The molecule has 0 unspecified atom stereocenters. The predicted molar refractivity (Wildman–Crippen MR) is 97.4 cm³/mol. The summed E-state index contributed by atoms with van der Waals surface area (Å²) in [6, 6.07) is 5.45. The summed E-state index contributed by atoms with van der Waals surface area (Å²) in [5.41, 5.74) is 2.87.